The third-order valence-corrected chi connectivity index (χ3v) is 4.48. The van der Waals surface area contributed by atoms with E-state index in [0.717, 1.165) is 5.75 Å². The van der Waals surface area contributed by atoms with Crippen LogP contribution in [0.3, 0.4) is 0 Å². The second kappa shape index (κ2) is 6.32. The summed E-state index contributed by atoms with van der Waals surface area (Å²) in [7, 11) is 0. The molecule has 1 heterocycles. The molecule has 1 unspecified atom stereocenters. The predicted octanol–water partition coefficient (Wildman–Crippen LogP) is 2.64. The van der Waals surface area contributed by atoms with E-state index >= 15 is 0 Å². The minimum atomic E-state index is -0.861. The van der Waals surface area contributed by atoms with Gasteiger partial charge in [0.15, 0.2) is 0 Å². The second-order valence-corrected chi connectivity index (χ2v) is 5.97. The first kappa shape index (κ1) is 14.9. The number of non-ortho nitro benzene ring substituents is 1. The van der Waals surface area contributed by atoms with Gasteiger partial charge in [-0.25, -0.2) is 0 Å². The van der Waals surface area contributed by atoms with E-state index in [-0.39, 0.29) is 23.2 Å². The Hall–Kier alpha value is -1.47. The molecule has 1 aromatic carbocycles. The maximum atomic E-state index is 10.9. The molecule has 0 radical (unpaired) electrons. The molecule has 1 N–H and O–H groups in total. The van der Waals surface area contributed by atoms with Crippen molar-refractivity contribution in [3.8, 4) is 0 Å². The Morgan fingerprint density at radius 1 is 1.60 bits per heavy atom. The summed E-state index contributed by atoms with van der Waals surface area (Å²) >= 11 is 7.81. The average molecular weight is 317 g/mol. The van der Waals surface area contributed by atoms with Crippen molar-refractivity contribution in [1.82, 2.24) is 0 Å². The highest BCUT2D eigenvalue weighted by atomic mass is 35.5. The van der Waals surface area contributed by atoms with Crippen molar-refractivity contribution >= 4 is 40.7 Å². The number of hydrogen-bond donors (Lipinski definition) is 1. The molecule has 0 bridgehead atoms. The van der Waals surface area contributed by atoms with Crippen LogP contribution in [0.15, 0.2) is 18.2 Å². The zero-order chi connectivity index (χ0) is 14.7. The van der Waals surface area contributed by atoms with Crippen LogP contribution in [0.2, 0.25) is 5.02 Å². The van der Waals surface area contributed by atoms with Gasteiger partial charge in [0.2, 0.25) is 0 Å². The third kappa shape index (κ3) is 3.34. The number of nitrogens with zero attached hydrogens (tertiary/aromatic N) is 2. The molecule has 0 aromatic heterocycles. The van der Waals surface area contributed by atoms with Crippen LogP contribution in [0.5, 0.6) is 0 Å². The maximum absolute atomic E-state index is 10.9. The molecule has 1 saturated heterocycles. The van der Waals surface area contributed by atoms with E-state index < -0.39 is 10.9 Å². The molecule has 1 aliphatic heterocycles. The molecule has 1 aromatic rings. The lowest BCUT2D eigenvalue weighted by Crippen LogP contribution is -2.43. The zero-order valence-electron chi connectivity index (χ0n) is 10.5. The summed E-state index contributed by atoms with van der Waals surface area (Å²) in [5, 5.41) is 19.9. The van der Waals surface area contributed by atoms with Crippen LogP contribution in [0, 0.1) is 10.1 Å². The smallest absolute Gasteiger partial charge is 0.305 e. The fourth-order valence-electron chi connectivity index (χ4n) is 2.18. The van der Waals surface area contributed by atoms with Crippen LogP contribution < -0.4 is 4.90 Å². The number of anilines is 1. The Kier molecular flexibility index (Phi) is 4.72. The van der Waals surface area contributed by atoms with Gasteiger partial charge in [-0.3, -0.25) is 14.9 Å². The lowest BCUT2D eigenvalue weighted by molar-refractivity contribution is -0.384. The molecule has 1 aliphatic rings. The number of nitro benzene ring substituents is 1. The van der Waals surface area contributed by atoms with Crippen LogP contribution in [-0.2, 0) is 4.79 Å². The Balaban J connectivity index is 2.27. The lowest BCUT2D eigenvalue weighted by atomic mass is 10.1. The van der Waals surface area contributed by atoms with Gasteiger partial charge in [-0.2, -0.15) is 11.8 Å². The van der Waals surface area contributed by atoms with Crippen LogP contribution in [0.4, 0.5) is 11.4 Å². The van der Waals surface area contributed by atoms with E-state index in [1.807, 2.05) is 4.90 Å². The molecular weight excluding hydrogens is 304 g/mol. The van der Waals surface area contributed by atoms with Crippen molar-refractivity contribution in [1.29, 1.82) is 0 Å². The lowest BCUT2D eigenvalue weighted by Gasteiger charge is -2.36. The summed E-state index contributed by atoms with van der Waals surface area (Å²) < 4.78 is 0. The van der Waals surface area contributed by atoms with Gasteiger partial charge in [0.1, 0.15) is 0 Å². The van der Waals surface area contributed by atoms with E-state index in [1.165, 1.54) is 12.1 Å². The highest BCUT2D eigenvalue weighted by molar-refractivity contribution is 7.99. The van der Waals surface area contributed by atoms with Crippen molar-refractivity contribution in [2.24, 2.45) is 0 Å². The molecule has 108 valence electrons. The van der Waals surface area contributed by atoms with Crippen molar-refractivity contribution < 1.29 is 14.8 Å². The highest BCUT2D eigenvalue weighted by Crippen LogP contribution is 2.34. The van der Waals surface area contributed by atoms with Crippen molar-refractivity contribution in [2.45, 2.75) is 12.5 Å². The second-order valence-electron chi connectivity index (χ2n) is 4.41. The van der Waals surface area contributed by atoms with Gasteiger partial charge < -0.3 is 10.0 Å². The number of thioether (sulfide) groups is 1. The molecule has 2 rings (SSSR count). The van der Waals surface area contributed by atoms with Gasteiger partial charge >= 0.3 is 5.97 Å². The van der Waals surface area contributed by atoms with Gasteiger partial charge in [-0.15, -0.1) is 0 Å². The summed E-state index contributed by atoms with van der Waals surface area (Å²) in [5.41, 5.74) is 0.587. The highest BCUT2D eigenvalue weighted by Gasteiger charge is 2.27. The van der Waals surface area contributed by atoms with E-state index in [2.05, 4.69) is 0 Å². The van der Waals surface area contributed by atoms with Gasteiger partial charge in [0, 0.05) is 36.2 Å². The van der Waals surface area contributed by atoms with Crippen molar-refractivity contribution in [2.75, 3.05) is 23.0 Å². The first-order valence-corrected chi connectivity index (χ1v) is 7.52. The Bertz CT molecular complexity index is 540. The molecule has 20 heavy (non-hydrogen) atoms. The van der Waals surface area contributed by atoms with E-state index in [0.29, 0.717) is 18.0 Å². The van der Waals surface area contributed by atoms with Crippen LogP contribution in [-0.4, -0.2) is 40.1 Å². The van der Waals surface area contributed by atoms with Crippen LogP contribution in [0.25, 0.3) is 0 Å². The van der Waals surface area contributed by atoms with Crippen LogP contribution in [0.1, 0.15) is 6.42 Å². The number of hydrogen-bond acceptors (Lipinski definition) is 5. The Morgan fingerprint density at radius 3 is 2.95 bits per heavy atom. The number of carboxylic acids is 1. The van der Waals surface area contributed by atoms with E-state index in [9.17, 15) is 14.9 Å². The first-order chi connectivity index (χ1) is 9.49. The summed E-state index contributed by atoms with van der Waals surface area (Å²) in [5.74, 6) is 0.726. The molecule has 8 heteroatoms. The minimum absolute atomic E-state index is 0.0281. The number of rotatable bonds is 4. The van der Waals surface area contributed by atoms with Crippen molar-refractivity contribution in [3.63, 3.8) is 0 Å². The SMILES string of the molecule is O=C(O)CC1CSCCN1c1ccc([N+](=O)[O-])cc1Cl. The number of carboxylic acid groups (broad SMARTS) is 1. The number of nitro groups is 1. The predicted molar refractivity (Wildman–Crippen MR) is 78.8 cm³/mol. The Labute approximate surface area is 124 Å². The molecule has 1 atom stereocenters. The summed E-state index contributed by atoms with van der Waals surface area (Å²) in [6.07, 6.45) is 0.0281. The molecule has 6 nitrogen and oxygen atoms in total. The average Bonchev–Trinajstić information content (AvgIpc) is 2.39. The van der Waals surface area contributed by atoms with Gasteiger partial charge in [-0.05, 0) is 6.07 Å². The molecule has 0 amide bonds. The summed E-state index contributed by atoms with van der Waals surface area (Å²) in [6, 6.07) is 4.13. The van der Waals surface area contributed by atoms with Gasteiger partial charge in [0.25, 0.3) is 5.69 Å². The summed E-state index contributed by atoms with van der Waals surface area (Å²) in [4.78, 5) is 23.0. The molecule has 0 saturated carbocycles. The van der Waals surface area contributed by atoms with Crippen molar-refractivity contribution in [3.05, 3.63) is 33.3 Å². The fourth-order valence-corrected chi connectivity index (χ4v) is 3.53. The number of carbonyl (C=O) groups is 1. The fraction of sp³-hybridized carbons (Fsp3) is 0.417. The molecule has 0 aliphatic carbocycles. The van der Waals surface area contributed by atoms with E-state index in [1.54, 1.807) is 17.8 Å². The van der Waals surface area contributed by atoms with Crippen LogP contribution >= 0.6 is 23.4 Å². The molecular formula is C12H13ClN2O4S. The minimum Gasteiger partial charge on any atom is -0.481 e. The number of benzene rings is 1. The van der Waals surface area contributed by atoms with E-state index in [4.69, 9.17) is 16.7 Å². The zero-order valence-corrected chi connectivity index (χ0v) is 12.1. The topological polar surface area (TPSA) is 83.7 Å². The quantitative estimate of drug-likeness (QED) is 0.679. The standard InChI is InChI=1S/C12H13ClN2O4S/c13-10-5-8(15(18)19)1-2-11(10)14-3-4-20-7-9(14)6-12(16)17/h1-2,5,9H,3-4,6-7H2,(H,16,17). The summed E-state index contributed by atoms with van der Waals surface area (Å²) in [6.45, 7) is 0.681. The van der Waals surface area contributed by atoms with Gasteiger partial charge in [0.05, 0.1) is 22.1 Å². The normalized spacial score (nSPS) is 18.9. The molecule has 1 fully saturated rings. The largest absolute Gasteiger partial charge is 0.481 e. The van der Waals surface area contributed by atoms with Gasteiger partial charge in [-0.1, -0.05) is 11.6 Å². The first-order valence-electron chi connectivity index (χ1n) is 5.99. The number of aliphatic carboxylic acids is 1. The Morgan fingerprint density at radius 2 is 2.35 bits per heavy atom. The monoisotopic (exact) mass is 316 g/mol. The number of halogens is 1. The third-order valence-electron chi connectivity index (χ3n) is 3.09. The molecule has 0 spiro atoms. The maximum Gasteiger partial charge on any atom is 0.305 e.